The van der Waals surface area contributed by atoms with Gasteiger partial charge in [0.25, 0.3) is 11.8 Å². The highest BCUT2D eigenvalue weighted by atomic mass is 35.5. The second kappa shape index (κ2) is 7.65. The Bertz CT molecular complexity index is 895. The largest absolute Gasteiger partial charge is 0.382 e. The lowest BCUT2D eigenvalue weighted by atomic mass is 10.1. The summed E-state index contributed by atoms with van der Waals surface area (Å²) in [7, 11) is 3.29. The molecule has 2 aromatic rings. The average molecular weight is 412 g/mol. The van der Waals surface area contributed by atoms with Crippen molar-refractivity contribution in [2.24, 2.45) is 5.16 Å². The summed E-state index contributed by atoms with van der Waals surface area (Å²) in [5.74, 6) is -0.547. The number of halogens is 2. The summed E-state index contributed by atoms with van der Waals surface area (Å²) in [6, 6.07) is 8.35. The van der Waals surface area contributed by atoms with Crippen molar-refractivity contribution in [2.45, 2.75) is 12.5 Å². The fraction of sp³-hybridized carbons (Fsp3) is 0.235. The van der Waals surface area contributed by atoms with Crippen LogP contribution >= 0.6 is 34.5 Å². The van der Waals surface area contributed by atoms with Gasteiger partial charge in [0, 0.05) is 26.2 Å². The molecule has 0 saturated heterocycles. The summed E-state index contributed by atoms with van der Waals surface area (Å²) in [6.07, 6.45) is -0.374. The van der Waals surface area contributed by atoms with Crippen molar-refractivity contribution in [3.05, 3.63) is 50.1 Å². The normalized spacial score (nSPS) is 16.0. The minimum absolute atomic E-state index is 0.209. The van der Waals surface area contributed by atoms with Crippen molar-refractivity contribution < 1.29 is 14.4 Å². The van der Waals surface area contributed by atoms with Crippen molar-refractivity contribution >= 4 is 57.8 Å². The Kier molecular flexibility index (Phi) is 5.50. The van der Waals surface area contributed by atoms with E-state index in [1.165, 1.54) is 22.3 Å². The Hall–Kier alpha value is -2.09. The van der Waals surface area contributed by atoms with Gasteiger partial charge in [-0.2, -0.15) is 0 Å². The van der Waals surface area contributed by atoms with E-state index in [1.54, 1.807) is 32.3 Å². The number of amides is 2. The summed E-state index contributed by atoms with van der Waals surface area (Å²) < 4.78 is 0.651. The SMILES string of the molecule is CN(C)C(=O)c1ccc(NC(=O)C2CC(c3ccc(Cl)s3)=NO2)cc1Cl. The molecule has 1 atom stereocenters. The van der Waals surface area contributed by atoms with Crippen LogP contribution in [0.5, 0.6) is 0 Å². The lowest BCUT2D eigenvalue weighted by Gasteiger charge is -2.13. The Morgan fingerprint density at radius 2 is 2.04 bits per heavy atom. The van der Waals surface area contributed by atoms with Gasteiger partial charge in [0.1, 0.15) is 5.71 Å². The monoisotopic (exact) mass is 411 g/mol. The van der Waals surface area contributed by atoms with Crippen LogP contribution in [0.25, 0.3) is 0 Å². The topological polar surface area (TPSA) is 71.0 Å². The molecular weight excluding hydrogens is 397 g/mol. The van der Waals surface area contributed by atoms with E-state index in [0.29, 0.717) is 27.7 Å². The Morgan fingerprint density at radius 3 is 2.65 bits per heavy atom. The van der Waals surface area contributed by atoms with Crippen molar-refractivity contribution in [3.8, 4) is 0 Å². The number of nitrogens with one attached hydrogen (secondary N) is 1. The third kappa shape index (κ3) is 4.00. The maximum absolute atomic E-state index is 12.4. The maximum atomic E-state index is 12.4. The van der Waals surface area contributed by atoms with Gasteiger partial charge in [-0.15, -0.1) is 11.3 Å². The van der Waals surface area contributed by atoms with Crippen LogP contribution in [0.3, 0.4) is 0 Å². The first-order valence-corrected chi connectivity index (χ1v) is 9.23. The molecule has 6 nitrogen and oxygen atoms in total. The zero-order valence-corrected chi connectivity index (χ0v) is 16.3. The van der Waals surface area contributed by atoms with Crippen LogP contribution in [0, 0.1) is 0 Å². The number of oxime groups is 1. The zero-order chi connectivity index (χ0) is 18.8. The minimum atomic E-state index is -0.729. The van der Waals surface area contributed by atoms with E-state index in [4.69, 9.17) is 28.0 Å². The molecule has 2 heterocycles. The molecule has 2 amide bonds. The van der Waals surface area contributed by atoms with Crippen molar-refractivity contribution in [1.29, 1.82) is 0 Å². The van der Waals surface area contributed by atoms with Gasteiger partial charge in [-0.3, -0.25) is 9.59 Å². The second-order valence-electron chi connectivity index (χ2n) is 5.82. The van der Waals surface area contributed by atoms with E-state index in [0.717, 1.165) is 4.88 Å². The fourth-order valence-corrected chi connectivity index (χ4v) is 3.66. The first-order valence-electron chi connectivity index (χ1n) is 7.65. The molecule has 0 aliphatic carbocycles. The predicted molar refractivity (Wildman–Crippen MR) is 103 cm³/mol. The van der Waals surface area contributed by atoms with Crippen molar-refractivity contribution in [2.75, 3.05) is 19.4 Å². The molecule has 1 aromatic carbocycles. The molecule has 0 spiro atoms. The van der Waals surface area contributed by atoms with Crippen LogP contribution in [-0.2, 0) is 9.63 Å². The van der Waals surface area contributed by atoms with E-state index in [1.807, 2.05) is 6.07 Å². The summed E-state index contributed by atoms with van der Waals surface area (Å²) >= 11 is 13.5. The molecule has 136 valence electrons. The molecule has 0 bridgehead atoms. The number of hydrogen-bond acceptors (Lipinski definition) is 5. The predicted octanol–water partition coefficient (Wildman–Crippen LogP) is 3.89. The van der Waals surface area contributed by atoms with Gasteiger partial charge in [-0.1, -0.05) is 28.4 Å². The third-order valence-electron chi connectivity index (χ3n) is 3.69. The summed E-state index contributed by atoms with van der Waals surface area (Å²) in [4.78, 5) is 31.9. The number of thiophene rings is 1. The van der Waals surface area contributed by atoms with Crippen LogP contribution in [0.4, 0.5) is 5.69 Å². The standard InChI is InChI=1S/C17H15Cl2N3O3S/c1-22(2)17(24)10-4-3-9(7-11(10)18)20-16(23)13-8-12(21-25-13)14-5-6-15(19)26-14/h3-7,13H,8H2,1-2H3,(H,20,23). The summed E-state index contributed by atoms with van der Waals surface area (Å²) in [5.41, 5.74) is 1.53. The van der Waals surface area contributed by atoms with Crippen molar-refractivity contribution in [3.63, 3.8) is 0 Å². The Morgan fingerprint density at radius 1 is 1.27 bits per heavy atom. The molecule has 3 rings (SSSR count). The van der Waals surface area contributed by atoms with Crippen LogP contribution < -0.4 is 5.32 Å². The third-order valence-corrected chi connectivity index (χ3v) is 5.29. The lowest BCUT2D eigenvalue weighted by molar-refractivity contribution is -0.125. The molecule has 1 N–H and O–H groups in total. The van der Waals surface area contributed by atoms with Crippen LogP contribution in [0.2, 0.25) is 9.36 Å². The van der Waals surface area contributed by atoms with Gasteiger partial charge in [0.15, 0.2) is 0 Å². The Balaban J connectivity index is 1.64. The lowest BCUT2D eigenvalue weighted by Crippen LogP contribution is -2.28. The smallest absolute Gasteiger partial charge is 0.268 e. The number of nitrogens with zero attached hydrogens (tertiary/aromatic N) is 2. The number of anilines is 1. The van der Waals surface area contributed by atoms with Crippen LogP contribution in [0.1, 0.15) is 21.7 Å². The minimum Gasteiger partial charge on any atom is -0.382 e. The highest BCUT2D eigenvalue weighted by Gasteiger charge is 2.29. The summed E-state index contributed by atoms with van der Waals surface area (Å²) in [6.45, 7) is 0. The van der Waals surface area contributed by atoms with Gasteiger partial charge in [-0.05, 0) is 30.3 Å². The molecule has 1 unspecified atom stereocenters. The molecule has 1 aliphatic rings. The molecule has 1 aromatic heterocycles. The van der Waals surface area contributed by atoms with Crippen LogP contribution in [0.15, 0.2) is 35.5 Å². The molecule has 26 heavy (non-hydrogen) atoms. The molecule has 0 fully saturated rings. The molecule has 0 saturated carbocycles. The van der Waals surface area contributed by atoms with E-state index < -0.39 is 6.10 Å². The number of hydrogen-bond donors (Lipinski definition) is 1. The van der Waals surface area contributed by atoms with Gasteiger partial charge in [0.05, 0.1) is 19.8 Å². The molecule has 1 aliphatic heterocycles. The van der Waals surface area contributed by atoms with Gasteiger partial charge in [0.2, 0.25) is 6.10 Å². The highest BCUT2D eigenvalue weighted by molar-refractivity contribution is 7.18. The highest BCUT2D eigenvalue weighted by Crippen LogP contribution is 2.27. The van der Waals surface area contributed by atoms with E-state index in [9.17, 15) is 9.59 Å². The zero-order valence-electron chi connectivity index (χ0n) is 14.0. The quantitative estimate of drug-likeness (QED) is 0.829. The second-order valence-corrected chi connectivity index (χ2v) is 7.95. The molecular formula is C17H15Cl2N3O3S. The van der Waals surface area contributed by atoms with Crippen LogP contribution in [-0.4, -0.2) is 42.6 Å². The Labute approximate surface area is 164 Å². The van der Waals surface area contributed by atoms with Gasteiger partial charge >= 0.3 is 0 Å². The number of carbonyl (C=O) groups excluding carboxylic acids is 2. The first-order chi connectivity index (χ1) is 12.3. The fourth-order valence-electron chi connectivity index (χ4n) is 2.36. The van der Waals surface area contributed by atoms with E-state index in [2.05, 4.69) is 10.5 Å². The molecule has 0 radical (unpaired) electrons. The van der Waals surface area contributed by atoms with E-state index >= 15 is 0 Å². The first kappa shape index (κ1) is 18.7. The van der Waals surface area contributed by atoms with Gasteiger partial charge < -0.3 is 15.1 Å². The number of benzene rings is 1. The van der Waals surface area contributed by atoms with Gasteiger partial charge in [-0.25, -0.2) is 0 Å². The van der Waals surface area contributed by atoms with Crippen molar-refractivity contribution in [1.82, 2.24) is 4.90 Å². The number of rotatable bonds is 4. The number of carbonyl (C=O) groups is 2. The maximum Gasteiger partial charge on any atom is 0.268 e. The average Bonchev–Trinajstić information content (AvgIpc) is 3.23. The van der Waals surface area contributed by atoms with E-state index in [-0.39, 0.29) is 16.8 Å². The summed E-state index contributed by atoms with van der Waals surface area (Å²) in [5, 5.41) is 6.96. The molecule has 9 heteroatoms.